The van der Waals surface area contributed by atoms with Crippen molar-refractivity contribution >= 4 is 5.97 Å². The number of hydrogen-bond donors (Lipinski definition) is 0. The average Bonchev–Trinajstić information content (AvgIpc) is 2.86. The van der Waals surface area contributed by atoms with Gasteiger partial charge in [0.1, 0.15) is 11.5 Å². The third kappa shape index (κ3) is 6.83. The van der Waals surface area contributed by atoms with E-state index in [2.05, 4.69) is 32.6 Å². The molecule has 2 heterocycles. The van der Waals surface area contributed by atoms with E-state index in [0.29, 0.717) is 55.7 Å². The molecule has 1 aromatic rings. The molecule has 7 heteroatoms. The van der Waals surface area contributed by atoms with E-state index < -0.39 is 12.0 Å². The zero-order chi connectivity index (χ0) is 26.6. The maximum Gasteiger partial charge on any atom is 0.401 e. The van der Waals surface area contributed by atoms with Crippen LogP contribution in [0.15, 0.2) is 12.1 Å². The molecule has 0 bridgehead atoms. The molecule has 2 fully saturated rings. The summed E-state index contributed by atoms with van der Waals surface area (Å²) in [6.07, 6.45) is 3.42. The number of ether oxygens (including phenoxy) is 3. The van der Waals surface area contributed by atoms with Gasteiger partial charge in [-0.1, -0.05) is 59.8 Å². The lowest BCUT2D eigenvalue weighted by molar-refractivity contribution is -0.237. The Hall–Kier alpha value is -1.73. The van der Waals surface area contributed by atoms with E-state index in [9.17, 15) is 4.79 Å². The van der Waals surface area contributed by atoms with Crippen molar-refractivity contribution in [3.8, 4) is 11.5 Å². The number of hydrogen-bond acceptors (Lipinski definition) is 5. The Morgan fingerprint density at radius 2 is 1.95 bits per heavy atom. The van der Waals surface area contributed by atoms with Gasteiger partial charge in [-0.25, -0.2) is 0 Å². The number of fused-ring (bicyclic) bond motifs is 3. The summed E-state index contributed by atoms with van der Waals surface area (Å²) in [7, 11) is 0. The van der Waals surface area contributed by atoms with Crippen molar-refractivity contribution in [2.45, 2.75) is 97.0 Å². The summed E-state index contributed by atoms with van der Waals surface area (Å²) in [5.41, 5.74) is 1.56. The van der Waals surface area contributed by atoms with Gasteiger partial charge in [-0.15, -0.1) is 0 Å². The van der Waals surface area contributed by atoms with Gasteiger partial charge in [-0.05, 0) is 48.3 Å². The highest BCUT2D eigenvalue weighted by atomic mass is 19.3. The van der Waals surface area contributed by atoms with Crippen LogP contribution in [0, 0.1) is 17.8 Å². The number of carbonyl (C=O) groups is 1. The van der Waals surface area contributed by atoms with Crippen LogP contribution in [-0.2, 0) is 9.53 Å². The van der Waals surface area contributed by atoms with E-state index in [4.69, 9.17) is 14.2 Å². The molecule has 37 heavy (non-hydrogen) atoms. The maximum absolute atomic E-state index is 15.2. The fourth-order valence-electron chi connectivity index (χ4n) is 6.29. The van der Waals surface area contributed by atoms with Crippen LogP contribution in [-0.4, -0.2) is 49.8 Å². The minimum absolute atomic E-state index is 0.133. The fraction of sp³-hybridized carbons (Fsp3) is 0.767. The Kier molecular flexibility index (Phi) is 9.49. The minimum Gasteiger partial charge on any atom is -0.432 e. The van der Waals surface area contributed by atoms with E-state index in [1.165, 1.54) is 6.42 Å². The molecule has 2 aliphatic heterocycles. The summed E-state index contributed by atoms with van der Waals surface area (Å²) in [5.74, 6) is -0.131. The molecule has 5 unspecified atom stereocenters. The number of alkyl halides is 2. The van der Waals surface area contributed by atoms with Crippen molar-refractivity contribution in [1.29, 1.82) is 0 Å². The number of halogens is 2. The van der Waals surface area contributed by atoms with Crippen LogP contribution in [0.1, 0.15) is 102 Å². The van der Waals surface area contributed by atoms with Gasteiger partial charge >= 0.3 is 12.1 Å². The highest BCUT2D eigenvalue weighted by Gasteiger charge is 2.54. The molecule has 5 atom stereocenters. The lowest BCUT2D eigenvalue weighted by Gasteiger charge is -2.44. The smallest absolute Gasteiger partial charge is 0.401 e. The summed E-state index contributed by atoms with van der Waals surface area (Å²) in [6, 6.07) is 3.74. The molecule has 1 aliphatic carbocycles. The summed E-state index contributed by atoms with van der Waals surface area (Å²) in [5, 5.41) is 0. The molecule has 3 aliphatic rings. The Labute approximate surface area is 221 Å². The van der Waals surface area contributed by atoms with Gasteiger partial charge in [0, 0.05) is 31.1 Å². The molecule has 0 radical (unpaired) electrons. The molecule has 0 aromatic heterocycles. The second kappa shape index (κ2) is 12.4. The fourth-order valence-corrected chi connectivity index (χ4v) is 6.29. The molecule has 208 valence electrons. The summed E-state index contributed by atoms with van der Waals surface area (Å²) in [6.45, 7) is 12.2. The third-order valence-corrected chi connectivity index (χ3v) is 8.89. The SMILES string of the molecule is CCCCCC(C)C(C)c1cc(OC(=O)CCN2CCOCC2)c2c(c1)OC(F)(F)C1CCC(C)CC21. The number of morpholine rings is 1. The largest absolute Gasteiger partial charge is 0.432 e. The zero-order valence-corrected chi connectivity index (χ0v) is 23.1. The first-order valence-corrected chi connectivity index (χ1v) is 14.4. The number of rotatable bonds is 10. The summed E-state index contributed by atoms with van der Waals surface area (Å²) in [4.78, 5) is 15.2. The van der Waals surface area contributed by atoms with Gasteiger partial charge in [-0.3, -0.25) is 9.69 Å². The van der Waals surface area contributed by atoms with Crippen LogP contribution < -0.4 is 9.47 Å². The van der Waals surface area contributed by atoms with Crippen LogP contribution in [0.25, 0.3) is 0 Å². The first-order valence-electron chi connectivity index (χ1n) is 14.4. The molecule has 1 saturated carbocycles. The van der Waals surface area contributed by atoms with E-state index in [1.54, 1.807) is 6.07 Å². The highest BCUT2D eigenvalue weighted by Crippen LogP contribution is 2.57. The number of unbranched alkanes of at least 4 members (excludes halogenated alkanes) is 2. The number of benzene rings is 1. The predicted molar refractivity (Wildman–Crippen MR) is 140 cm³/mol. The monoisotopic (exact) mass is 521 g/mol. The first kappa shape index (κ1) is 28.3. The number of carbonyl (C=O) groups excluding carboxylic acids is 1. The number of nitrogens with zero attached hydrogens (tertiary/aromatic N) is 1. The van der Waals surface area contributed by atoms with E-state index in [1.807, 2.05) is 6.07 Å². The molecule has 4 rings (SSSR count). The van der Waals surface area contributed by atoms with Gasteiger partial charge in [0.2, 0.25) is 0 Å². The van der Waals surface area contributed by atoms with Gasteiger partial charge < -0.3 is 14.2 Å². The van der Waals surface area contributed by atoms with E-state index >= 15 is 8.78 Å². The Morgan fingerprint density at radius 1 is 1.19 bits per heavy atom. The molecular weight excluding hydrogens is 476 g/mol. The molecular formula is C30H45F2NO4. The zero-order valence-electron chi connectivity index (χ0n) is 23.1. The average molecular weight is 522 g/mol. The van der Waals surface area contributed by atoms with Crippen molar-refractivity contribution in [1.82, 2.24) is 4.90 Å². The van der Waals surface area contributed by atoms with E-state index in [-0.39, 0.29) is 30.0 Å². The third-order valence-electron chi connectivity index (χ3n) is 8.89. The standard InChI is InChI=1S/C30H45F2NO4/c1-5-6-7-8-21(3)22(4)23-18-26(36-28(34)11-12-33-13-15-35-16-14-33)29-24-17-20(2)9-10-25(24)30(31,32)37-27(29)19-23/h18-22,24-25H,5-17H2,1-4H3. The first-order chi connectivity index (χ1) is 17.7. The minimum atomic E-state index is -3.22. The quantitative estimate of drug-likeness (QED) is 0.186. The van der Waals surface area contributed by atoms with Crippen LogP contribution in [0.4, 0.5) is 8.78 Å². The molecule has 5 nitrogen and oxygen atoms in total. The second-order valence-corrected chi connectivity index (χ2v) is 11.7. The molecule has 1 aromatic carbocycles. The summed E-state index contributed by atoms with van der Waals surface area (Å²) < 4.78 is 47.3. The Morgan fingerprint density at radius 3 is 2.68 bits per heavy atom. The van der Waals surface area contributed by atoms with Crippen molar-refractivity contribution in [3.05, 3.63) is 23.3 Å². The van der Waals surface area contributed by atoms with Crippen LogP contribution in [0.5, 0.6) is 11.5 Å². The van der Waals surface area contributed by atoms with Crippen LogP contribution >= 0.6 is 0 Å². The lowest BCUT2D eigenvalue weighted by Crippen LogP contribution is -2.45. The molecule has 0 amide bonds. The Bertz CT molecular complexity index is 917. The van der Waals surface area contributed by atoms with Crippen LogP contribution in [0.2, 0.25) is 0 Å². The Balaban J connectivity index is 1.62. The maximum atomic E-state index is 15.2. The molecule has 0 N–H and O–H groups in total. The number of esters is 1. The van der Waals surface area contributed by atoms with Gasteiger partial charge in [-0.2, -0.15) is 8.78 Å². The van der Waals surface area contributed by atoms with Crippen molar-refractivity contribution in [2.24, 2.45) is 17.8 Å². The van der Waals surface area contributed by atoms with Gasteiger partial charge in [0.25, 0.3) is 0 Å². The molecule has 0 spiro atoms. The van der Waals surface area contributed by atoms with E-state index in [0.717, 1.165) is 44.3 Å². The van der Waals surface area contributed by atoms with Gasteiger partial charge in [0.15, 0.2) is 0 Å². The highest BCUT2D eigenvalue weighted by molar-refractivity contribution is 5.74. The molecule has 1 saturated heterocycles. The van der Waals surface area contributed by atoms with Crippen molar-refractivity contribution < 1.29 is 27.8 Å². The summed E-state index contributed by atoms with van der Waals surface area (Å²) >= 11 is 0. The van der Waals surface area contributed by atoms with Gasteiger partial charge in [0.05, 0.1) is 25.6 Å². The van der Waals surface area contributed by atoms with Crippen molar-refractivity contribution in [3.63, 3.8) is 0 Å². The predicted octanol–water partition coefficient (Wildman–Crippen LogP) is 7.14. The van der Waals surface area contributed by atoms with Crippen molar-refractivity contribution in [2.75, 3.05) is 32.8 Å². The topological polar surface area (TPSA) is 48.0 Å². The van der Waals surface area contributed by atoms with Crippen LogP contribution in [0.3, 0.4) is 0 Å². The normalized spacial score (nSPS) is 26.9. The lowest BCUT2D eigenvalue weighted by atomic mass is 9.69. The second-order valence-electron chi connectivity index (χ2n) is 11.7.